The fourth-order valence-corrected chi connectivity index (χ4v) is 3.21. The summed E-state index contributed by atoms with van der Waals surface area (Å²) in [6, 6.07) is 5.51. The third-order valence-corrected chi connectivity index (χ3v) is 4.76. The van der Waals surface area contributed by atoms with Crippen LogP contribution in [0.4, 0.5) is 0 Å². The number of hydrogen-bond donors (Lipinski definition) is 0. The molecule has 0 radical (unpaired) electrons. The summed E-state index contributed by atoms with van der Waals surface area (Å²) in [5.41, 5.74) is 0.974. The van der Waals surface area contributed by atoms with Crippen molar-refractivity contribution < 1.29 is 9.47 Å². The van der Waals surface area contributed by atoms with Crippen LogP contribution in [0.15, 0.2) is 27.8 Å². The molecule has 0 bridgehead atoms. The van der Waals surface area contributed by atoms with Crippen LogP contribution in [-0.4, -0.2) is 32.9 Å². The Morgan fingerprint density at radius 3 is 2.36 bits per heavy atom. The van der Waals surface area contributed by atoms with Crippen molar-refractivity contribution in [3.05, 3.63) is 50.4 Å². The lowest BCUT2D eigenvalue weighted by Gasteiger charge is -2.08. The molecule has 3 rings (SSSR count). The average Bonchev–Trinajstić information content (AvgIpc) is 3.03. The Kier molecular flexibility index (Phi) is 5.39. The zero-order chi connectivity index (χ0) is 20.4. The van der Waals surface area contributed by atoms with Gasteiger partial charge in [-0.15, -0.1) is 0 Å². The van der Waals surface area contributed by atoms with Gasteiger partial charge in [-0.1, -0.05) is 0 Å². The fraction of sp³-hybridized carbons (Fsp3) is 0.350. The van der Waals surface area contributed by atoms with E-state index in [-0.39, 0.29) is 11.2 Å². The van der Waals surface area contributed by atoms with E-state index in [1.807, 2.05) is 25.1 Å². The Morgan fingerprint density at radius 2 is 1.75 bits per heavy atom. The molecule has 148 valence electrons. The molecule has 0 fully saturated rings. The van der Waals surface area contributed by atoms with Gasteiger partial charge in [-0.3, -0.25) is 13.9 Å². The van der Waals surface area contributed by atoms with E-state index in [0.29, 0.717) is 41.6 Å². The molecule has 0 aliphatic rings. The van der Waals surface area contributed by atoms with Crippen molar-refractivity contribution in [1.82, 2.24) is 18.7 Å². The predicted octanol–water partition coefficient (Wildman–Crippen LogP) is 2.12. The molecule has 3 aromatic rings. The lowest BCUT2D eigenvalue weighted by atomic mass is 10.1. The third-order valence-electron chi connectivity index (χ3n) is 4.76. The molecule has 8 nitrogen and oxygen atoms in total. The van der Waals surface area contributed by atoms with Crippen LogP contribution in [0.3, 0.4) is 0 Å². The van der Waals surface area contributed by atoms with E-state index in [9.17, 15) is 9.59 Å². The highest BCUT2D eigenvalue weighted by Crippen LogP contribution is 2.26. The number of aryl methyl sites for hydroxylation is 2. The summed E-state index contributed by atoms with van der Waals surface area (Å²) in [5.74, 6) is 1.93. The minimum Gasteiger partial charge on any atom is -0.497 e. The second-order valence-corrected chi connectivity index (χ2v) is 6.22. The molecule has 0 N–H and O–H groups in total. The van der Waals surface area contributed by atoms with Crippen molar-refractivity contribution in [2.75, 3.05) is 14.2 Å². The van der Waals surface area contributed by atoms with Crippen LogP contribution in [0.5, 0.6) is 11.5 Å². The Labute approximate surface area is 162 Å². The topological polar surface area (TPSA) is 80.3 Å². The first-order valence-electron chi connectivity index (χ1n) is 9.06. The normalized spacial score (nSPS) is 11.5. The number of methoxy groups -OCH3 is 2. The van der Waals surface area contributed by atoms with Gasteiger partial charge in [0.25, 0.3) is 5.56 Å². The van der Waals surface area contributed by atoms with Gasteiger partial charge in [-0.2, -0.15) is 0 Å². The third kappa shape index (κ3) is 3.11. The molecule has 0 spiro atoms. The minimum atomic E-state index is -0.340. The van der Waals surface area contributed by atoms with Crippen LogP contribution in [-0.2, 0) is 20.1 Å². The van der Waals surface area contributed by atoms with Crippen molar-refractivity contribution in [2.24, 2.45) is 7.05 Å². The van der Waals surface area contributed by atoms with E-state index in [1.165, 1.54) is 9.13 Å². The molecular weight excluding hydrogens is 360 g/mol. The van der Waals surface area contributed by atoms with E-state index in [1.54, 1.807) is 44.9 Å². The van der Waals surface area contributed by atoms with Gasteiger partial charge < -0.3 is 14.0 Å². The Bertz CT molecular complexity index is 1170. The van der Waals surface area contributed by atoms with Gasteiger partial charge in [0.15, 0.2) is 11.2 Å². The summed E-state index contributed by atoms with van der Waals surface area (Å²) < 4.78 is 15.1. The summed E-state index contributed by atoms with van der Waals surface area (Å²) in [4.78, 5) is 29.8. The highest BCUT2D eigenvalue weighted by molar-refractivity contribution is 5.77. The Morgan fingerprint density at radius 1 is 1.04 bits per heavy atom. The maximum absolute atomic E-state index is 12.8. The van der Waals surface area contributed by atoms with Gasteiger partial charge in [0.1, 0.15) is 17.3 Å². The highest BCUT2D eigenvalue weighted by atomic mass is 16.5. The molecule has 0 aliphatic carbocycles. The van der Waals surface area contributed by atoms with E-state index >= 15 is 0 Å². The molecule has 0 atom stereocenters. The first-order valence-corrected chi connectivity index (χ1v) is 9.06. The summed E-state index contributed by atoms with van der Waals surface area (Å²) in [6.07, 6.45) is 3.65. The standard InChI is InChI=1S/C20H24N4O4/c1-6-23-18-17(19(25)24(7-2)20(23)26)22(3)16(21-18)11-9-13-8-10-14(27-4)12-15(13)28-5/h8-12H,6-7H2,1-5H3. The van der Waals surface area contributed by atoms with Gasteiger partial charge in [0, 0.05) is 31.8 Å². The molecule has 2 heterocycles. The molecule has 0 aliphatic heterocycles. The van der Waals surface area contributed by atoms with Crippen molar-refractivity contribution in [1.29, 1.82) is 0 Å². The van der Waals surface area contributed by atoms with Crippen molar-refractivity contribution in [3.8, 4) is 11.5 Å². The fourth-order valence-electron chi connectivity index (χ4n) is 3.21. The number of ether oxygens (including phenoxy) is 2. The zero-order valence-corrected chi connectivity index (χ0v) is 16.7. The molecule has 0 unspecified atom stereocenters. The van der Waals surface area contributed by atoms with Gasteiger partial charge in [-0.05, 0) is 38.1 Å². The van der Waals surface area contributed by atoms with E-state index in [2.05, 4.69) is 4.98 Å². The van der Waals surface area contributed by atoms with Gasteiger partial charge in [0.05, 0.1) is 14.2 Å². The molecule has 28 heavy (non-hydrogen) atoms. The maximum Gasteiger partial charge on any atom is 0.332 e. The molecule has 2 aromatic heterocycles. The molecule has 0 amide bonds. The SMILES string of the molecule is CCn1c(=O)c2c(nc(C=Cc3ccc(OC)cc3OC)n2C)n(CC)c1=O. The van der Waals surface area contributed by atoms with Crippen LogP contribution in [0.25, 0.3) is 23.3 Å². The largest absolute Gasteiger partial charge is 0.497 e. The zero-order valence-electron chi connectivity index (χ0n) is 16.7. The van der Waals surface area contributed by atoms with Gasteiger partial charge in [0.2, 0.25) is 0 Å². The first-order chi connectivity index (χ1) is 13.5. The van der Waals surface area contributed by atoms with E-state index in [0.717, 1.165) is 5.56 Å². The number of nitrogens with zero attached hydrogens (tertiary/aromatic N) is 4. The minimum absolute atomic E-state index is 0.313. The van der Waals surface area contributed by atoms with Crippen molar-refractivity contribution in [3.63, 3.8) is 0 Å². The quantitative estimate of drug-likeness (QED) is 0.650. The number of hydrogen-bond acceptors (Lipinski definition) is 5. The van der Waals surface area contributed by atoms with Crippen LogP contribution >= 0.6 is 0 Å². The molecular formula is C20H24N4O4. The van der Waals surface area contributed by atoms with Gasteiger partial charge in [-0.25, -0.2) is 9.78 Å². The van der Waals surface area contributed by atoms with Crippen LogP contribution in [0.1, 0.15) is 25.2 Å². The first kappa shape index (κ1) is 19.5. The van der Waals surface area contributed by atoms with Crippen molar-refractivity contribution >= 4 is 23.3 Å². The average molecular weight is 384 g/mol. The second kappa shape index (κ2) is 7.75. The van der Waals surface area contributed by atoms with Crippen LogP contribution in [0.2, 0.25) is 0 Å². The molecule has 0 saturated heterocycles. The number of rotatable bonds is 6. The number of benzene rings is 1. The number of fused-ring (bicyclic) bond motifs is 1. The lowest BCUT2D eigenvalue weighted by molar-refractivity contribution is 0.394. The van der Waals surface area contributed by atoms with Crippen LogP contribution < -0.4 is 20.7 Å². The summed E-state index contributed by atoms with van der Waals surface area (Å²) in [6.45, 7) is 4.38. The molecule has 8 heteroatoms. The van der Waals surface area contributed by atoms with E-state index < -0.39 is 0 Å². The van der Waals surface area contributed by atoms with Crippen LogP contribution in [0, 0.1) is 0 Å². The number of imidazole rings is 1. The summed E-state index contributed by atoms with van der Waals surface area (Å²) in [7, 11) is 4.96. The monoisotopic (exact) mass is 384 g/mol. The Hall–Kier alpha value is -3.29. The smallest absolute Gasteiger partial charge is 0.332 e. The summed E-state index contributed by atoms with van der Waals surface area (Å²) in [5, 5.41) is 0. The van der Waals surface area contributed by atoms with Gasteiger partial charge >= 0.3 is 5.69 Å². The van der Waals surface area contributed by atoms with E-state index in [4.69, 9.17) is 9.47 Å². The lowest BCUT2D eigenvalue weighted by Crippen LogP contribution is -2.39. The Balaban J connectivity index is 2.17. The number of aromatic nitrogens is 4. The van der Waals surface area contributed by atoms with Crippen molar-refractivity contribution in [2.45, 2.75) is 26.9 Å². The predicted molar refractivity (Wildman–Crippen MR) is 109 cm³/mol. The highest BCUT2D eigenvalue weighted by Gasteiger charge is 2.17. The molecule has 0 saturated carbocycles. The summed E-state index contributed by atoms with van der Waals surface area (Å²) >= 11 is 0. The maximum atomic E-state index is 12.8. The molecule has 1 aromatic carbocycles. The second-order valence-electron chi connectivity index (χ2n) is 6.22.